The molecule has 0 aliphatic heterocycles. The van der Waals surface area contributed by atoms with Gasteiger partial charge in [-0.25, -0.2) is 4.98 Å². The van der Waals surface area contributed by atoms with Gasteiger partial charge in [0.1, 0.15) is 4.83 Å². The van der Waals surface area contributed by atoms with Crippen molar-refractivity contribution in [1.29, 1.82) is 0 Å². The van der Waals surface area contributed by atoms with Gasteiger partial charge in [0, 0.05) is 4.88 Å². The van der Waals surface area contributed by atoms with E-state index in [0.29, 0.717) is 5.39 Å². The lowest BCUT2D eigenvalue weighted by molar-refractivity contribution is 0.155. The van der Waals surface area contributed by atoms with Crippen LogP contribution in [-0.2, 0) is 13.0 Å². The van der Waals surface area contributed by atoms with Crippen LogP contribution in [0.5, 0.6) is 0 Å². The molecule has 1 atom stereocenters. The van der Waals surface area contributed by atoms with Crippen molar-refractivity contribution in [3.63, 3.8) is 0 Å². The third-order valence-corrected chi connectivity index (χ3v) is 5.10. The largest absolute Gasteiger partial charge is 0.387 e. The van der Waals surface area contributed by atoms with E-state index in [1.165, 1.54) is 10.9 Å². The lowest BCUT2D eigenvalue weighted by atomic mass is 10.0. The Morgan fingerprint density at radius 1 is 1.22 bits per heavy atom. The Labute approximate surface area is 139 Å². The summed E-state index contributed by atoms with van der Waals surface area (Å²) in [5.41, 5.74) is 2.94. The first kappa shape index (κ1) is 15.9. The number of hydrogen-bond acceptors (Lipinski definition) is 4. The molecule has 0 spiro atoms. The van der Waals surface area contributed by atoms with E-state index >= 15 is 0 Å². The van der Waals surface area contributed by atoms with Crippen LogP contribution in [0.25, 0.3) is 10.2 Å². The van der Waals surface area contributed by atoms with Gasteiger partial charge >= 0.3 is 0 Å². The van der Waals surface area contributed by atoms with Gasteiger partial charge in [0.05, 0.1) is 24.4 Å². The maximum Gasteiger partial charge on any atom is 0.262 e. The van der Waals surface area contributed by atoms with Crippen LogP contribution < -0.4 is 5.56 Å². The maximum atomic E-state index is 12.6. The number of aliphatic hydroxyl groups excluding tert-OH is 1. The molecule has 5 heteroatoms. The molecular formula is C18H20N2O2S. The lowest BCUT2D eigenvalue weighted by Gasteiger charge is -2.14. The minimum atomic E-state index is -0.727. The minimum Gasteiger partial charge on any atom is -0.387 e. The maximum absolute atomic E-state index is 12.6. The first-order valence-electron chi connectivity index (χ1n) is 7.72. The van der Waals surface area contributed by atoms with E-state index in [2.05, 4.69) is 18.0 Å². The van der Waals surface area contributed by atoms with Gasteiger partial charge in [0.25, 0.3) is 5.56 Å². The highest BCUT2D eigenvalue weighted by molar-refractivity contribution is 7.18. The van der Waals surface area contributed by atoms with E-state index in [4.69, 9.17) is 0 Å². The molecule has 0 bridgehead atoms. The van der Waals surface area contributed by atoms with Gasteiger partial charge in [0.2, 0.25) is 0 Å². The highest BCUT2D eigenvalue weighted by Gasteiger charge is 2.13. The number of aromatic nitrogens is 2. The lowest BCUT2D eigenvalue weighted by Crippen LogP contribution is -2.23. The summed E-state index contributed by atoms with van der Waals surface area (Å²) in [6.07, 6.45) is 1.70. The van der Waals surface area contributed by atoms with E-state index in [0.717, 1.165) is 32.8 Å². The Balaban J connectivity index is 1.94. The van der Waals surface area contributed by atoms with Gasteiger partial charge in [0.15, 0.2) is 0 Å². The second kappa shape index (κ2) is 6.26. The molecule has 23 heavy (non-hydrogen) atoms. The zero-order valence-corrected chi connectivity index (χ0v) is 14.4. The fourth-order valence-corrected chi connectivity index (χ4v) is 3.73. The highest BCUT2D eigenvalue weighted by Crippen LogP contribution is 2.22. The molecule has 0 amide bonds. The molecule has 0 radical (unpaired) electrons. The summed E-state index contributed by atoms with van der Waals surface area (Å²) in [6, 6.07) is 7.88. The summed E-state index contributed by atoms with van der Waals surface area (Å²) in [6.45, 7) is 6.27. The summed E-state index contributed by atoms with van der Waals surface area (Å²) in [5, 5.41) is 11.1. The second-order valence-corrected chi connectivity index (χ2v) is 7.04. The quantitative estimate of drug-likeness (QED) is 0.799. The monoisotopic (exact) mass is 328 g/mol. The number of thiophene rings is 1. The third-order valence-electron chi connectivity index (χ3n) is 3.92. The Hall–Kier alpha value is -1.98. The number of fused-ring (bicyclic) bond motifs is 1. The fraction of sp³-hybridized carbons (Fsp3) is 0.333. The standard InChI is InChI=1S/C18H20N2O2S/c1-4-14-8-15-17(23-14)19-10-20(18(15)22)9-16(21)13-6-11(2)5-12(3)7-13/h5-8,10,16,21H,4,9H2,1-3H3. The second-order valence-electron chi connectivity index (χ2n) is 5.92. The fourth-order valence-electron chi connectivity index (χ4n) is 2.81. The van der Waals surface area contributed by atoms with E-state index in [-0.39, 0.29) is 12.1 Å². The summed E-state index contributed by atoms with van der Waals surface area (Å²) in [5.74, 6) is 0. The molecule has 1 N–H and O–H groups in total. The van der Waals surface area contributed by atoms with Crippen molar-refractivity contribution in [3.05, 3.63) is 62.5 Å². The molecule has 2 aromatic heterocycles. The zero-order chi connectivity index (χ0) is 16.6. The summed E-state index contributed by atoms with van der Waals surface area (Å²) in [7, 11) is 0. The smallest absolute Gasteiger partial charge is 0.262 e. The van der Waals surface area contributed by atoms with Crippen molar-refractivity contribution in [3.8, 4) is 0 Å². The first-order valence-corrected chi connectivity index (χ1v) is 8.53. The Morgan fingerprint density at radius 3 is 2.57 bits per heavy atom. The molecule has 4 nitrogen and oxygen atoms in total. The molecule has 120 valence electrons. The summed E-state index contributed by atoms with van der Waals surface area (Å²) >= 11 is 1.55. The Bertz CT molecular complexity index is 891. The molecule has 0 aliphatic carbocycles. The van der Waals surface area contributed by atoms with Crippen molar-refractivity contribution in [1.82, 2.24) is 9.55 Å². The van der Waals surface area contributed by atoms with Crippen LogP contribution in [0.1, 0.15) is 34.6 Å². The van der Waals surface area contributed by atoms with Crippen LogP contribution in [0.2, 0.25) is 0 Å². The number of nitrogens with zero attached hydrogens (tertiary/aromatic N) is 2. The van der Waals surface area contributed by atoms with Crippen LogP contribution >= 0.6 is 11.3 Å². The van der Waals surface area contributed by atoms with Gasteiger partial charge in [-0.05, 0) is 31.9 Å². The number of benzene rings is 1. The van der Waals surface area contributed by atoms with E-state index < -0.39 is 6.10 Å². The molecule has 1 unspecified atom stereocenters. The minimum absolute atomic E-state index is 0.0885. The van der Waals surface area contributed by atoms with Crippen LogP contribution in [0.3, 0.4) is 0 Å². The molecule has 0 saturated carbocycles. The van der Waals surface area contributed by atoms with Crippen molar-refractivity contribution in [2.45, 2.75) is 39.8 Å². The van der Waals surface area contributed by atoms with Crippen molar-refractivity contribution >= 4 is 21.6 Å². The SMILES string of the molecule is CCc1cc2c(=O)n(CC(O)c3cc(C)cc(C)c3)cnc2s1. The molecule has 3 aromatic rings. The topological polar surface area (TPSA) is 55.1 Å². The highest BCUT2D eigenvalue weighted by atomic mass is 32.1. The Kier molecular flexibility index (Phi) is 4.33. The molecular weight excluding hydrogens is 308 g/mol. The summed E-state index contributed by atoms with van der Waals surface area (Å²) in [4.78, 5) is 18.9. The van der Waals surface area contributed by atoms with Gasteiger partial charge in [-0.3, -0.25) is 9.36 Å². The van der Waals surface area contributed by atoms with Crippen molar-refractivity contribution in [2.75, 3.05) is 0 Å². The van der Waals surface area contributed by atoms with Gasteiger partial charge in [-0.2, -0.15) is 0 Å². The predicted molar refractivity (Wildman–Crippen MR) is 94.1 cm³/mol. The van der Waals surface area contributed by atoms with E-state index in [1.54, 1.807) is 11.3 Å². The van der Waals surface area contributed by atoms with Crippen LogP contribution in [0.4, 0.5) is 0 Å². The molecule has 0 fully saturated rings. The van der Waals surface area contributed by atoms with Crippen molar-refractivity contribution in [2.24, 2.45) is 0 Å². The average Bonchev–Trinajstić information content (AvgIpc) is 2.93. The Morgan fingerprint density at radius 2 is 1.91 bits per heavy atom. The number of rotatable bonds is 4. The van der Waals surface area contributed by atoms with Gasteiger partial charge < -0.3 is 5.11 Å². The molecule has 2 heterocycles. The molecule has 0 aliphatic rings. The van der Waals surface area contributed by atoms with Crippen LogP contribution in [0.15, 0.2) is 35.4 Å². The van der Waals surface area contributed by atoms with Gasteiger partial charge in [-0.15, -0.1) is 11.3 Å². The normalized spacial score (nSPS) is 12.7. The van der Waals surface area contributed by atoms with E-state index in [9.17, 15) is 9.90 Å². The number of hydrogen-bond donors (Lipinski definition) is 1. The first-order chi connectivity index (χ1) is 11.0. The molecule has 0 saturated heterocycles. The zero-order valence-electron chi connectivity index (χ0n) is 13.5. The van der Waals surface area contributed by atoms with Crippen LogP contribution in [-0.4, -0.2) is 14.7 Å². The third kappa shape index (κ3) is 3.21. The summed E-state index contributed by atoms with van der Waals surface area (Å²) < 4.78 is 1.50. The number of aliphatic hydroxyl groups is 1. The molecule has 3 rings (SSSR count). The predicted octanol–water partition coefficient (Wildman–Crippen LogP) is 3.37. The van der Waals surface area contributed by atoms with E-state index in [1.807, 2.05) is 32.0 Å². The van der Waals surface area contributed by atoms with Gasteiger partial charge in [-0.1, -0.05) is 36.2 Å². The van der Waals surface area contributed by atoms with Crippen LogP contribution in [0, 0.1) is 13.8 Å². The molecule has 1 aromatic carbocycles. The average molecular weight is 328 g/mol. The number of aryl methyl sites for hydroxylation is 3. The van der Waals surface area contributed by atoms with Crippen molar-refractivity contribution < 1.29 is 5.11 Å².